The summed E-state index contributed by atoms with van der Waals surface area (Å²) in [5.74, 6) is -0.233. The van der Waals surface area contributed by atoms with Crippen molar-refractivity contribution in [3.8, 4) is 0 Å². The van der Waals surface area contributed by atoms with E-state index in [-0.39, 0.29) is 5.78 Å². The molecule has 0 unspecified atom stereocenters. The maximum atomic E-state index is 12.9. The maximum absolute atomic E-state index is 12.9. The Morgan fingerprint density at radius 3 is 2.23 bits per heavy atom. The Hall–Kier alpha value is -2.40. The second kappa shape index (κ2) is 8.32. The Labute approximate surface area is 167 Å². The van der Waals surface area contributed by atoms with Gasteiger partial charge in [0.25, 0.3) is 0 Å². The first-order chi connectivity index (χ1) is 12.5. The van der Waals surface area contributed by atoms with Gasteiger partial charge in [-0.1, -0.05) is 53.5 Å². The number of hydrogen-bond acceptors (Lipinski definition) is 2. The molecular formula is C20H14Cl2N2OS. The average Bonchev–Trinajstić information content (AvgIpc) is 2.64. The molecule has 0 bridgehead atoms. The fraction of sp³-hybridized carbons (Fsp3) is 0. The molecule has 3 aromatic rings. The number of anilines is 2. The predicted molar refractivity (Wildman–Crippen MR) is 113 cm³/mol. The first kappa shape index (κ1) is 18.4. The van der Waals surface area contributed by atoms with Crippen LogP contribution in [0.4, 0.5) is 11.4 Å². The van der Waals surface area contributed by atoms with Crippen LogP contribution in [0.1, 0.15) is 15.9 Å². The molecule has 0 radical (unpaired) electrons. The first-order valence-corrected chi connectivity index (χ1v) is 8.93. The fourth-order valence-corrected chi connectivity index (χ4v) is 3.03. The second-order valence-corrected chi connectivity index (χ2v) is 6.70. The third-order valence-electron chi connectivity index (χ3n) is 3.62. The average molecular weight is 401 g/mol. The lowest BCUT2D eigenvalue weighted by Gasteiger charge is -2.14. The molecule has 0 aliphatic carbocycles. The molecule has 0 aromatic heterocycles. The van der Waals surface area contributed by atoms with E-state index in [1.165, 1.54) is 0 Å². The number of para-hydroxylation sites is 1. The number of thiocarbonyl (C=S) groups is 1. The SMILES string of the molecule is O=C(c1ccccc1Cl)c1cc(Cl)ccc1NC(=S)Nc1ccccc1. The summed E-state index contributed by atoms with van der Waals surface area (Å²) >= 11 is 17.6. The largest absolute Gasteiger partial charge is 0.332 e. The van der Waals surface area contributed by atoms with Gasteiger partial charge in [-0.15, -0.1) is 0 Å². The van der Waals surface area contributed by atoms with Crippen LogP contribution in [0, 0.1) is 0 Å². The Bertz CT molecular complexity index is 961. The molecule has 0 spiro atoms. The Kier molecular flexibility index (Phi) is 5.89. The zero-order valence-electron chi connectivity index (χ0n) is 13.5. The van der Waals surface area contributed by atoms with Crippen molar-refractivity contribution in [1.82, 2.24) is 0 Å². The molecule has 26 heavy (non-hydrogen) atoms. The number of carbonyl (C=O) groups is 1. The number of carbonyl (C=O) groups excluding carboxylic acids is 1. The third kappa shape index (κ3) is 4.41. The molecule has 0 fully saturated rings. The summed E-state index contributed by atoms with van der Waals surface area (Å²) in [6.07, 6.45) is 0. The Morgan fingerprint density at radius 1 is 0.808 bits per heavy atom. The van der Waals surface area contributed by atoms with Crippen LogP contribution in [0.3, 0.4) is 0 Å². The third-order valence-corrected chi connectivity index (χ3v) is 4.39. The molecule has 3 aromatic carbocycles. The van der Waals surface area contributed by atoms with Gasteiger partial charge >= 0.3 is 0 Å². The van der Waals surface area contributed by atoms with Crippen LogP contribution in [-0.2, 0) is 0 Å². The molecule has 3 rings (SSSR count). The monoisotopic (exact) mass is 400 g/mol. The van der Waals surface area contributed by atoms with Gasteiger partial charge < -0.3 is 10.6 Å². The molecule has 0 saturated heterocycles. The maximum Gasteiger partial charge on any atom is 0.196 e. The van der Waals surface area contributed by atoms with E-state index in [4.69, 9.17) is 35.4 Å². The Balaban J connectivity index is 1.88. The molecule has 0 aliphatic rings. The van der Waals surface area contributed by atoms with E-state index in [1.54, 1.807) is 42.5 Å². The Morgan fingerprint density at radius 2 is 1.50 bits per heavy atom. The van der Waals surface area contributed by atoms with E-state index in [1.807, 2.05) is 30.3 Å². The van der Waals surface area contributed by atoms with Crippen LogP contribution in [0.5, 0.6) is 0 Å². The van der Waals surface area contributed by atoms with Crippen molar-refractivity contribution in [2.45, 2.75) is 0 Å². The summed E-state index contributed by atoms with van der Waals surface area (Å²) in [6, 6.07) is 21.4. The summed E-state index contributed by atoms with van der Waals surface area (Å²) in [7, 11) is 0. The second-order valence-electron chi connectivity index (χ2n) is 5.44. The number of ketones is 1. The van der Waals surface area contributed by atoms with Crippen LogP contribution >= 0.6 is 35.4 Å². The minimum atomic E-state index is -0.233. The van der Waals surface area contributed by atoms with Crippen molar-refractivity contribution < 1.29 is 4.79 Å². The van der Waals surface area contributed by atoms with Crippen LogP contribution in [0.25, 0.3) is 0 Å². The van der Waals surface area contributed by atoms with Gasteiger partial charge in [0.2, 0.25) is 0 Å². The smallest absolute Gasteiger partial charge is 0.196 e. The topological polar surface area (TPSA) is 41.1 Å². The van der Waals surface area contributed by atoms with E-state index in [9.17, 15) is 4.79 Å². The van der Waals surface area contributed by atoms with Crippen molar-refractivity contribution in [2.24, 2.45) is 0 Å². The van der Waals surface area contributed by atoms with E-state index < -0.39 is 0 Å². The van der Waals surface area contributed by atoms with Gasteiger partial charge in [0.05, 0.1) is 10.7 Å². The highest BCUT2D eigenvalue weighted by Crippen LogP contribution is 2.26. The summed E-state index contributed by atoms with van der Waals surface area (Å²) in [4.78, 5) is 12.9. The number of nitrogens with one attached hydrogen (secondary N) is 2. The van der Waals surface area contributed by atoms with Crippen LogP contribution in [-0.4, -0.2) is 10.9 Å². The van der Waals surface area contributed by atoms with Gasteiger partial charge in [-0.05, 0) is 54.7 Å². The van der Waals surface area contributed by atoms with Crippen LogP contribution < -0.4 is 10.6 Å². The minimum Gasteiger partial charge on any atom is -0.332 e. The highest BCUT2D eigenvalue weighted by Gasteiger charge is 2.17. The summed E-state index contributed by atoms with van der Waals surface area (Å²) in [5, 5.41) is 7.33. The molecule has 130 valence electrons. The molecular weight excluding hydrogens is 387 g/mol. The highest BCUT2D eigenvalue weighted by atomic mass is 35.5. The standard InChI is InChI=1S/C20H14Cl2N2OS/c21-13-10-11-18(24-20(26)23-14-6-2-1-3-7-14)16(12-13)19(25)15-8-4-5-9-17(15)22/h1-12H,(H2,23,24,26). The van der Waals surface area contributed by atoms with E-state index >= 15 is 0 Å². The summed E-state index contributed by atoms with van der Waals surface area (Å²) in [6.45, 7) is 0. The van der Waals surface area contributed by atoms with Crippen LogP contribution in [0.15, 0.2) is 72.8 Å². The summed E-state index contributed by atoms with van der Waals surface area (Å²) in [5.41, 5.74) is 2.19. The lowest BCUT2D eigenvalue weighted by atomic mass is 10.0. The number of halogens is 2. The van der Waals surface area contributed by atoms with Crippen LogP contribution in [0.2, 0.25) is 10.0 Å². The predicted octanol–water partition coefficient (Wildman–Crippen LogP) is 6.03. The summed E-state index contributed by atoms with van der Waals surface area (Å²) < 4.78 is 0. The molecule has 0 amide bonds. The molecule has 2 N–H and O–H groups in total. The fourth-order valence-electron chi connectivity index (χ4n) is 2.41. The normalized spacial score (nSPS) is 10.2. The van der Waals surface area contributed by atoms with Crippen molar-refractivity contribution in [2.75, 3.05) is 10.6 Å². The van der Waals surface area contributed by atoms with Gasteiger partial charge in [0.1, 0.15) is 0 Å². The molecule has 0 atom stereocenters. The van der Waals surface area contributed by atoms with Crippen molar-refractivity contribution in [1.29, 1.82) is 0 Å². The number of rotatable bonds is 4. The minimum absolute atomic E-state index is 0.233. The zero-order chi connectivity index (χ0) is 18.5. The highest BCUT2D eigenvalue weighted by molar-refractivity contribution is 7.80. The zero-order valence-corrected chi connectivity index (χ0v) is 15.8. The van der Waals surface area contributed by atoms with Gasteiger partial charge in [-0.25, -0.2) is 0 Å². The van der Waals surface area contributed by atoms with E-state index in [2.05, 4.69) is 10.6 Å². The molecule has 0 aliphatic heterocycles. The van der Waals surface area contributed by atoms with Crippen molar-refractivity contribution in [3.63, 3.8) is 0 Å². The first-order valence-electron chi connectivity index (χ1n) is 7.76. The lowest BCUT2D eigenvalue weighted by Crippen LogP contribution is -2.20. The van der Waals surface area contributed by atoms with E-state index in [0.717, 1.165) is 5.69 Å². The lowest BCUT2D eigenvalue weighted by molar-refractivity contribution is 0.103. The van der Waals surface area contributed by atoms with Gasteiger partial charge in [0.15, 0.2) is 10.9 Å². The molecule has 6 heteroatoms. The van der Waals surface area contributed by atoms with E-state index in [0.29, 0.717) is 32.0 Å². The van der Waals surface area contributed by atoms with Gasteiger partial charge in [-0.2, -0.15) is 0 Å². The van der Waals surface area contributed by atoms with Gasteiger partial charge in [-0.3, -0.25) is 4.79 Å². The quantitative estimate of drug-likeness (QED) is 0.414. The molecule has 3 nitrogen and oxygen atoms in total. The number of benzene rings is 3. The van der Waals surface area contributed by atoms with Crippen molar-refractivity contribution >= 4 is 57.7 Å². The molecule has 0 heterocycles. The molecule has 0 saturated carbocycles. The van der Waals surface area contributed by atoms with Gasteiger partial charge in [0, 0.05) is 21.8 Å². The number of hydrogen-bond donors (Lipinski definition) is 2. The van der Waals surface area contributed by atoms with Crippen molar-refractivity contribution in [3.05, 3.63) is 94.0 Å².